The maximum atomic E-state index is 13.2. The van der Waals surface area contributed by atoms with Crippen LogP contribution in [0, 0.1) is 5.92 Å². The molecule has 168 valence electrons. The van der Waals surface area contributed by atoms with Crippen molar-refractivity contribution in [2.75, 3.05) is 20.1 Å². The number of hydrogen-bond acceptors (Lipinski definition) is 6. The minimum Gasteiger partial charge on any atom is -0.346 e. The summed E-state index contributed by atoms with van der Waals surface area (Å²) in [5.74, 6) is -2.78. The van der Waals surface area contributed by atoms with E-state index in [2.05, 4.69) is 20.7 Å². The average Bonchev–Trinajstić information content (AvgIpc) is 3.09. The van der Waals surface area contributed by atoms with Crippen LogP contribution in [-0.4, -0.2) is 77.6 Å². The molecule has 1 saturated heterocycles. The van der Waals surface area contributed by atoms with Gasteiger partial charge in [-0.2, -0.15) is 0 Å². The Balaban J connectivity index is 3.09. The summed E-state index contributed by atoms with van der Waals surface area (Å²) in [4.78, 5) is 65.2. The Hall–Kier alpha value is -2.02. The van der Waals surface area contributed by atoms with Crippen LogP contribution in [0.2, 0.25) is 0 Å². The van der Waals surface area contributed by atoms with E-state index in [9.17, 15) is 24.0 Å². The number of carbonyl (C=O) groups excluding carboxylic acids is 5. The first-order valence-electron chi connectivity index (χ1n) is 9.78. The molecule has 0 bridgehead atoms. The van der Waals surface area contributed by atoms with Crippen molar-refractivity contribution < 1.29 is 24.0 Å². The Morgan fingerprint density at radius 1 is 1.37 bits per heavy atom. The molecule has 3 N–H and O–H groups in total. The van der Waals surface area contributed by atoms with Gasteiger partial charge in [0.1, 0.15) is 6.04 Å². The lowest BCUT2D eigenvalue weighted by molar-refractivity contribution is -0.148. The number of likely N-dealkylation sites (N-methyl/N-ethyl adjacent to an activating group) is 1. The minimum absolute atomic E-state index is 0.0600. The van der Waals surface area contributed by atoms with E-state index >= 15 is 0 Å². The second kappa shape index (κ2) is 12.0. The Bertz CT molecular complexity index is 699. The summed E-state index contributed by atoms with van der Waals surface area (Å²) >= 11 is 1.84. The van der Waals surface area contributed by atoms with E-state index in [1.165, 1.54) is 13.1 Å². The minimum atomic E-state index is -1.09. The van der Waals surface area contributed by atoms with Crippen molar-refractivity contribution in [2.24, 2.45) is 5.92 Å². The number of hydrogen-bond donors (Lipinski definition) is 3. The number of nitrogens with one attached hydrogen (secondary N) is 3. The van der Waals surface area contributed by atoms with Crippen molar-refractivity contribution in [2.45, 2.75) is 51.7 Å². The molecule has 1 fully saturated rings. The molecule has 1 aliphatic rings. The van der Waals surface area contributed by atoms with Gasteiger partial charge in [-0.15, -0.1) is 6.58 Å². The summed E-state index contributed by atoms with van der Waals surface area (Å²) in [6.07, 6.45) is 2.27. The van der Waals surface area contributed by atoms with Crippen LogP contribution in [0.1, 0.15) is 33.6 Å². The van der Waals surface area contributed by atoms with Gasteiger partial charge in [-0.3, -0.25) is 19.2 Å². The zero-order chi connectivity index (χ0) is 23.0. The largest absolute Gasteiger partial charge is 0.346 e. The SMILES string of the molecule is C=CCNC(=O)C(=O)C(CCC)N(C)C(=O)C1CNC(=O)N1C(=O)C(NI)C(C)C. The van der Waals surface area contributed by atoms with Gasteiger partial charge in [-0.05, 0) is 12.3 Å². The molecule has 0 aromatic rings. The van der Waals surface area contributed by atoms with Crippen LogP contribution >= 0.6 is 22.9 Å². The number of halogens is 1. The van der Waals surface area contributed by atoms with Crippen LogP contribution in [0.25, 0.3) is 0 Å². The van der Waals surface area contributed by atoms with Crippen LogP contribution in [-0.2, 0) is 19.2 Å². The molecule has 0 aromatic carbocycles. The lowest BCUT2D eigenvalue weighted by Crippen LogP contribution is -2.57. The third-order valence-corrected chi connectivity index (χ3v) is 5.53. The molecule has 0 aromatic heterocycles. The Morgan fingerprint density at radius 3 is 2.50 bits per heavy atom. The predicted molar refractivity (Wildman–Crippen MR) is 119 cm³/mol. The summed E-state index contributed by atoms with van der Waals surface area (Å²) in [6.45, 7) is 9.03. The number of nitrogens with zero attached hydrogens (tertiary/aromatic N) is 2. The molecular formula is C19H30IN5O5. The second-order valence-electron chi connectivity index (χ2n) is 7.36. The highest BCUT2D eigenvalue weighted by atomic mass is 127. The van der Waals surface area contributed by atoms with Gasteiger partial charge in [0.2, 0.25) is 17.6 Å². The second-order valence-corrected chi connectivity index (χ2v) is 7.98. The molecule has 0 radical (unpaired) electrons. The van der Waals surface area contributed by atoms with Crippen LogP contribution in [0.4, 0.5) is 4.79 Å². The zero-order valence-electron chi connectivity index (χ0n) is 17.7. The third kappa shape index (κ3) is 6.00. The smallest absolute Gasteiger partial charge is 0.325 e. The van der Waals surface area contributed by atoms with Crippen LogP contribution in [0.15, 0.2) is 12.7 Å². The summed E-state index contributed by atoms with van der Waals surface area (Å²) in [7, 11) is 1.41. The molecular weight excluding hydrogens is 505 g/mol. The van der Waals surface area contributed by atoms with Crippen LogP contribution in [0.5, 0.6) is 0 Å². The maximum absolute atomic E-state index is 13.2. The quantitative estimate of drug-likeness (QED) is 0.152. The van der Waals surface area contributed by atoms with E-state index in [1.54, 1.807) is 0 Å². The van der Waals surface area contributed by atoms with Crippen LogP contribution in [0.3, 0.4) is 0 Å². The summed E-state index contributed by atoms with van der Waals surface area (Å²) in [5.41, 5.74) is 0. The molecule has 0 saturated carbocycles. The summed E-state index contributed by atoms with van der Waals surface area (Å²) in [5, 5.41) is 4.94. The molecule has 1 heterocycles. The fraction of sp³-hybridized carbons (Fsp3) is 0.632. The topological polar surface area (TPSA) is 128 Å². The van der Waals surface area contributed by atoms with Crippen molar-refractivity contribution in [3.8, 4) is 0 Å². The van der Waals surface area contributed by atoms with Gasteiger partial charge in [-0.1, -0.05) is 33.3 Å². The average molecular weight is 535 g/mol. The van der Waals surface area contributed by atoms with Gasteiger partial charge >= 0.3 is 6.03 Å². The molecule has 10 nitrogen and oxygen atoms in total. The highest BCUT2D eigenvalue weighted by molar-refractivity contribution is 14.1. The molecule has 11 heteroatoms. The Labute approximate surface area is 190 Å². The molecule has 1 aliphatic heterocycles. The molecule has 1 rings (SSSR count). The van der Waals surface area contributed by atoms with E-state index < -0.39 is 47.7 Å². The van der Waals surface area contributed by atoms with Crippen molar-refractivity contribution >= 4 is 52.4 Å². The van der Waals surface area contributed by atoms with E-state index in [-0.39, 0.29) is 25.4 Å². The third-order valence-electron chi connectivity index (χ3n) is 4.86. The first-order valence-corrected chi connectivity index (χ1v) is 10.9. The van der Waals surface area contributed by atoms with Crippen molar-refractivity contribution in [1.82, 2.24) is 24.0 Å². The Kier molecular flexibility index (Phi) is 10.4. The highest BCUT2D eigenvalue weighted by Crippen LogP contribution is 2.18. The fourth-order valence-corrected chi connectivity index (χ4v) is 4.11. The molecule has 30 heavy (non-hydrogen) atoms. The zero-order valence-corrected chi connectivity index (χ0v) is 19.9. The van der Waals surface area contributed by atoms with E-state index in [1.807, 2.05) is 43.6 Å². The molecule has 0 spiro atoms. The number of amides is 5. The first-order chi connectivity index (χ1) is 14.1. The van der Waals surface area contributed by atoms with Gasteiger partial charge in [0.05, 0.1) is 12.1 Å². The first kappa shape index (κ1) is 26.0. The molecule has 0 aliphatic carbocycles. The number of imide groups is 1. The van der Waals surface area contributed by atoms with Gasteiger partial charge < -0.3 is 15.5 Å². The van der Waals surface area contributed by atoms with E-state index in [4.69, 9.17) is 0 Å². The highest BCUT2D eigenvalue weighted by Gasteiger charge is 2.45. The number of carbonyl (C=O) groups is 5. The maximum Gasteiger partial charge on any atom is 0.325 e. The lowest BCUT2D eigenvalue weighted by Gasteiger charge is -2.32. The van der Waals surface area contributed by atoms with Gasteiger partial charge in [-0.25, -0.2) is 13.2 Å². The molecule has 3 atom stereocenters. The predicted octanol–water partition coefficient (Wildman–Crippen LogP) is 0.369. The van der Waals surface area contributed by atoms with Crippen molar-refractivity contribution in [3.63, 3.8) is 0 Å². The number of urea groups is 1. The van der Waals surface area contributed by atoms with Gasteiger partial charge in [0.25, 0.3) is 5.91 Å². The normalized spacial score (nSPS) is 17.9. The number of Topliss-reactive ketones (excluding diaryl/α,β-unsaturated/α-hetero) is 1. The van der Waals surface area contributed by atoms with Crippen molar-refractivity contribution in [3.05, 3.63) is 12.7 Å². The Morgan fingerprint density at radius 2 is 2.00 bits per heavy atom. The molecule has 3 unspecified atom stereocenters. The van der Waals surface area contributed by atoms with Crippen molar-refractivity contribution in [1.29, 1.82) is 0 Å². The van der Waals surface area contributed by atoms with E-state index in [0.717, 1.165) is 9.80 Å². The van der Waals surface area contributed by atoms with Crippen LogP contribution < -0.4 is 14.2 Å². The monoisotopic (exact) mass is 535 g/mol. The lowest BCUT2D eigenvalue weighted by atomic mass is 10.0. The van der Waals surface area contributed by atoms with Gasteiger partial charge in [0, 0.05) is 43.0 Å². The van der Waals surface area contributed by atoms with Gasteiger partial charge in [0.15, 0.2) is 0 Å². The summed E-state index contributed by atoms with van der Waals surface area (Å²) < 4.78 is 2.84. The number of rotatable bonds is 11. The molecule has 5 amide bonds. The fourth-order valence-electron chi connectivity index (χ4n) is 3.13. The van der Waals surface area contributed by atoms with E-state index in [0.29, 0.717) is 6.42 Å². The standard InChI is InChI=1S/C19H30IN5O5/c1-6-8-12(15(26)16(27)21-9-7-2)24(5)17(28)13-10-22-19(30)25(13)18(29)14(23-20)11(3)4/h7,11-14,23H,2,6,8-10H2,1,3-5H3,(H,21,27)(H,22,30). The number of ketones is 1. The summed E-state index contributed by atoms with van der Waals surface area (Å²) in [6, 6.07) is -3.41.